The summed E-state index contributed by atoms with van der Waals surface area (Å²) in [6.07, 6.45) is 1.62. The van der Waals surface area contributed by atoms with Crippen molar-refractivity contribution in [3.05, 3.63) is 70.6 Å². The Morgan fingerprint density at radius 2 is 1.97 bits per heavy atom. The van der Waals surface area contributed by atoms with Gasteiger partial charge in [-0.1, -0.05) is 35.0 Å². The number of piperidine rings is 1. The van der Waals surface area contributed by atoms with Crippen molar-refractivity contribution in [3.8, 4) is 11.5 Å². The third kappa shape index (κ3) is 3.48. The lowest BCUT2D eigenvalue weighted by Gasteiger charge is -2.30. The van der Waals surface area contributed by atoms with Crippen LogP contribution in [0, 0.1) is 6.92 Å². The number of fused-ring (bicyclic) bond motifs is 1. The molecule has 152 valence electrons. The fourth-order valence-electron chi connectivity index (χ4n) is 4.05. The van der Waals surface area contributed by atoms with Crippen molar-refractivity contribution in [2.45, 2.75) is 25.7 Å². The Morgan fingerprint density at radius 3 is 2.77 bits per heavy atom. The second kappa shape index (κ2) is 7.61. The summed E-state index contributed by atoms with van der Waals surface area (Å²) in [5, 5.41) is 5.81. The average Bonchev–Trinajstić information content (AvgIpc) is 3.41. The van der Waals surface area contributed by atoms with Gasteiger partial charge < -0.3 is 14.4 Å². The van der Waals surface area contributed by atoms with E-state index in [0.29, 0.717) is 29.7 Å². The molecule has 5 rings (SSSR count). The van der Waals surface area contributed by atoms with Crippen LogP contribution in [0.4, 0.5) is 0 Å². The Balaban J connectivity index is 1.27. The minimum Gasteiger partial charge on any atom is -0.351 e. The molecule has 30 heavy (non-hydrogen) atoms. The third-order valence-corrected chi connectivity index (χ3v) is 6.01. The molecule has 0 radical (unpaired) electrons. The summed E-state index contributed by atoms with van der Waals surface area (Å²) in [7, 11) is 0. The highest BCUT2D eigenvalue weighted by Gasteiger charge is 2.28. The van der Waals surface area contributed by atoms with Gasteiger partial charge in [0, 0.05) is 40.5 Å². The van der Waals surface area contributed by atoms with Gasteiger partial charge in [0.2, 0.25) is 0 Å². The van der Waals surface area contributed by atoms with Crippen LogP contribution in [0.2, 0.25) is 5.02 Å². The highest BCUT2D eigenvalue weighted by atomic mass is 35.5. The van der Waals surface area contributed by atoms with Gasteiger partial charge in [-0.2, -0.15) is 4.98 Å². The van der Waals surface area contributed by atoms with Crippen LogP contribution in [0.15, 0.2) is 53.1 Å². The summed E-state index contributed by atoms with van der Waals surface area (Å²) < 4.78 is 5.51. The molecule has 1 aliphatic heterocycles. The number of nitrogens with one attached hydrogen (secondary N) is 1. The fourth-order valence-corrected chi connectivity index (χ4v) is 4.23. The molecule has 6 nitrogen and oxygen atoms in total. The maximum absolute atomic E-state index is 12.9. The Bertz CT molecular complexity index is 1220. The number of nitrogens with zero attached hydrogens (tertiary/aromatic N) is 3. The summed E-state index contributed by atoms with van der Waals surface area (Å²) >= 11 is 6.05. The second-order valence-corrected chi connectivity index (χ2v) is 8.19. The maximum Gasteiger partial charge on any atom is 0.270 e. The van der Waals surface area contributed by atoms with Gasteiger partial charge >= 0.3 is 0 Å². The predicted molar refractivity (Wildman–Crippen MR) is 116 cm³/mol. The number of hydrogen-bond acceptors (Lipinski definition) is 4. The maximum atomic E-state index is 12.9. The van der Waals surface area contributed by atoms with E-state index in [-0.39, 0.29) is 11.8 Å². The van der Waals surface area contributed by atoms with Crippen molar-refractivity contribution in [1.82, 2.24) is 20.0 Å². The van der Waals surface area contributed by atoms with Crippen molar-refractivity contribution in [2.24, 2.45) is 0 Å². The number of benzene rings is 2. The van der Waals surface area contributed by atoms with Gasteiger partial charge in [-0.05, 0) is 55.7 Å². The molecule has 0 aliphatic carbocycles. The van der Waals surface area contributed by atoms with E-state index >= 15 is 0 Å². The molecule has 2 aromatic carbocycles. The zero-order valence-corrected chi connectivity index (χ0v) is 17.3. The molecular weight excluding hydrogens is 400 g/mol. The van der Waals surface area contributed by atoms with Gasteiger partial charge in [-0.25, -0.2) is 0 Å². The highest BCUT2D eigenvalue weighted by Crippen LogP contribution is 2.30. The van der Waals surface area contributed by atoms with Gasteiger partial charge in [-0.3, -0.25) is 4.79 Å². The summed E-state index contributed by atoms with van der Waals surface area (Å²) in [5.41, 5.74) is 3.57. The molecular formula is C23H21ClN4O2. The van der Waals surface area contributed by atoms with Crippen LogP contribution < -0.4 is 0 Å². The lowest BCUT2D eigenvalue weighted by Crippen LogP contribution is -2.38. The van der Waals surface area contributed by atoms with Gasteiger partial charge in [0.05, 0.1) is 0 Å². The molecule has 1 amide bonds. The number of hydrogen-bond donors (Lipinski definition) is 1. The Hall–Kier alpha value is -3.12. The Kier molecular flexibility index (Phi) is 4.79. The van der Waals surface area contributed by atoms with Crippen LogP contribution in [-0.2, 0) is 0 Å². The number of aromatic nitrogens is 3. The van der Waals surface area contributed by atoms with Gasteiger partial charge in [-0.15, -0.1) is 0 Å². The van der Waals surface area contributed by atoms with Crippen molar-refractivity contribution < 1.29 is 9.32 Å². The number of H-pyrrole nitrogens is 1. The topological polar surface area (TPSA) is 75.0 Å². The van der Waals surface area contributed by atoms with Gasteiger partial charge in [0.25, 0.3) is 11.8 Å². The molecule has 4 aromatic rings. The third-order valence-electron chi connectivity index (χ3n) is 5.78. The molecule has 1 fully saturated rings. The van der Waals surface area contributed by atoms with E-state index in [1.54, 1.807) is 0 Å². The first-order valence-corrected chi connectivity index (χ1v) is 10.4. The van der Waals surface area contributed by atoms with E-state index in [0.717, 1.165) is 40.7 Å². The van der Waals surface area contributed by atoms with Crippen molar-refractivity contribution in [3.63, 3.8) is 0 Å². The second-order valence-electron chi connectivity index (χ2n) is 7.75. The summed E-state index contributed by atoms with van der Waals surface area (Å²) in [6.45, 7) is 3.35. The number of aromatic amines is 1. The first-order chi connectivity index (χ1) is 14.6. The molecule has 3 heterocycles. The summed E-state index contributed by atoms with van der Waals surface area (Å²) in [6, 6.07) is 15.4. The van der Waals surface area contributed by atoms with E-state index in [2.05, 4.69) is 15.1 Å². The number of likely N-dealkylation sites (tertiary alicyclic amines) is 1. The largest absolute Gasteiger partial charge is 0.351 e. The molecule has 0 unspecified atom stereocenters. The molecule has 0 spiro atoms. The monoisotopic (exact) mass is 420 g/mol. The highest BCUT2D eigenvalue weighted by molar-refractivity contribution is 6.31. The van der Waals surface area contributed by atoms with E-state index in [1.807, 2.05) is 60.4 Å². The standard InChI is InChI=1S/C23H21ClN4O2/c1-14-4-2-3-5-18(14)22-26-21(27-30-22)15-8-10-28(11-9-15)23(29)20-13-16-12-17(24)6-7-19(16)25-20/h2-7,12-13,15,25H,8-11H2,1H3. The van der Waals surface area contributed by atoms with Crippen LogP contribution >= 0.6 is 11.6 Å². The van der Waals surface area contributed by atoms with Crippen LogP contribution in [0.25, 0.3) is 22.4 Å². The smallest absolute Gasteiger partial charge is 0.270 e. The molecule has 1 N–H and O–H groups in total. The first-order valence-electron chi connectivity index (χ1n) is 10.1. The van der Waals surface area contributed by atoms with Crippen molar-refractivity contribution in [2.75, 3.05) is 13.1 Å². The minimum atomic E-state index is 0.00878. The SMILES string of the molecule is Cc1ccccc1-c1nc(C2CCN(C(=O)c3cc4cc(Cl)ccc4[nH]3)CC2)no1. The van der Waals surface area contributed by atoms with E-state index in [9.17, 15) is 4.79 Å². The predicted octanol–water partition coefficient (Wildman–Crippen LogP) is 5.20. The Morgan fingerprint density at radius 1 is 1.17 bits per heavy atom. The number of amides is 1. The zero-order chi connectivity index (χ0) is 20.7. The summed E-state index contributed by atoms with van der Waals surface area (Å²) in [4.78, 5) is 22.6. The van der Waals surface area contributed by atoms with E-state index in [1.165, 1.54) is 0 Å². The number of carbonyl (C=O) groups excluding carboxylic acids is 1. The van der Waals surface area contributed by atoms with Crippen LogP contribution in [0.5, 0.6) is 0 Å². The fraction of sp³-hybridized carbons (Fsp3) is 0.261. The van der Waals surface area contributed by atoms with E-state index in [4.69, 9.17) is 16.1 Å². The number of carbonyl (C=O) groups is 1. The summed E-state index contributed by atoms with van der Waals surface area (Å²) in [5.74, 6) is 1.48. The van der Waals surface area contributed by atoms with Crippen LogP contribution in [-0.4, -0.2) is 39.0 Å². The Labute approximate surface area is 178 Å². The number of rotatable bonds is 3. The number of aryl methyl sites for hydroxylation is 1. The molecule has 1 saturated heterocycles. The lowest BCUT2D eigenvalue weighted by molar-refractivity contribution is 0.0705. The normalized spacial score (nSPS) is 15.1. The minimum absolute atomic E-state index is 0.00878. The first kappa shape index (κ1) is 18.9. The van der Waals surface area contributed by atoms with Crippen LogP contribution in [0.1, 0.15) is 40.6 Å². The zero-order valence-electron chi connectivity index (χ0n) is 16.6. The quantitative estimate of drug-likeness (QED) is 0.494. The molecule has 0 saturated carbocycles. The molecule has 2 aromatic heterocycles. The van der Waals surface area contributed by atoms with Gasteiger partial charge in [0.1, 0.15) is 5.69 Å². The van der Waals surface area contributed by atoms with Crippen LogP contribution in [0.3, 0.4) is 0 Å². The average molecular weight is 421 g/mol. The van der Waals surface area contributed by atoms with Crippen molar-refractivity contribution >= 4 is 28.4 Å². The van der Waals surface area contributed by atoms with Crippen molar-refractivity contribution in [1.29, 1.82) is 0 Å². The van der Waals surface area contributed by atoms with Gasteiger partial charge in [0.15, 0.2) is 5.82 Å². The number of halogens is 1. The molecule has 0 atom stereocenters. The molecule has 0 bridgehead atoms. The molecule has 1 aliphatic rings. The van der Waals surface area contributed by atoms with E-state index < -0.39 is 0 Å². The lowest BCUT2D eigenvalue weighted by atomic mass is 9.96. The molecule has 7 heteroatoms.